The van der Waals surface area contributed by atoms with Crippen LogP contribution in [0.4, 0.5) is 9.93 Å². The minimum atomic E-state index is -0.257. The van der Waals surface area contributed by atoms with Crippen LogP contribution >= 0.6 is 11.3 Å². The van der Waals surface area contributed by atoms with E-state index in [-0.39, 0.29) is 6.03 Å². The molecule has 0 aliphatic rings. The number of carbonyl (C=O) groups is 1. The Bertz CT molecular complexity index is 1060. The zero-order chi connectivity index (χ0) is 19.9. The van der Waals surface area contributed by atoms with Crippen molar-refractivity contribution in [1.29, 1.82) is 0 Å². The molecule has 4 aromatic rings. The normalized spacial score (nSPS) is 10.5. The van der Waals surface area contributed by atoms with Gasteiger partial charge in [0.1, 0.15) is 0 Å². The predicted octanol–water partition coefficient (Wildman–Crippen LogP) is 5.72. The molecular weight excluding hydrogens is 378 g/mol. The molecule has 5 heteroatoms. The molecular formula is C24H21N3OS. The first-order valence-corrected chi connectivity index (χ1v) is 10.3. The second kappa shape index (κ2) is 9.17. The van der Waals surface area contributed by atoms with Gasteiger partial charge in [-0.25, -0.2) is 9.78 Å². The minimum absolute atomic E-state index is 0.257. The number of nitrogens with zero attached hydrogens (tertiary/aromatic N) is 1. The highest BCUT2D eigenvalue weighted by Gasteiger charge is 2.08. The second-order valence-electron chi connectivity index (χ2n) is 6.69. The summed E-state index contributed by atoms with van der Waals surface area (Å²) in [6, 6.07) is 28.4. The molecule has 1 heterocycles. The fraction of sp³-hybridized carbons (Fsp3) is 0.0833. The lowest BCUT2D eigenvalue weighted by Gasteiger charge is -2.05. The molecule has 0 radical (unpaired) electrons. The number of aromatic nitrogens is 1. The third kappa shape index (κ3) is 5.30. The summed E-state index contributed by atoms with van der Waals surface area (Å²) in [4.78, 5) is 16.6. The third-order valence-corrected chi connectivity index (χ3v) is 5.28. The van der Waals surface area contributed by atoms with E-state index in [1.54, 1.807) is 0 Å². The van der Waals surface area contributed by atoms with Gasteiger partial charge in [-0.2, -0.15) is 0 Å². The molecule has 0 aliphatic heterocycles. The fourth-order valence-corrected chi connectivity index (χ4v) is 3.72. The molecule has 0 fully saturated rings. The Kier molecular flexibility index (Phi) is 5.98. The molecule has 1 aromatic heterocycles. The van der Waals surface area contributed by atoms with Gasteiger partial charge in [-0.05, 0) is 23.1 Å². The van der Waals surface area contributed by atoms with Crippen LogP contribution in [0.3, 0.4) is 0 Å². The molecule has 0 bridgehead atoms. The minimum Gasteiger partial charge on any atom is -0.334 e. The Morgan fingerprint density at radius 3 is 2.10 bits per heavy atom. The highest BCUT2D eigenvalue weighted by molar-refractivity contribution is 7.14. The second-order valence-corrected chi connectivity index (χ2v) is 7.55. The van der Waals surface area contributed by atoms with E-state index in [1.807, 2.05) is 41.8 Å². The van der Waals surface area contributed by atoms with Crippen molar-refractivity contribution >= 4 is 22.5 Å². The molecule has 2 N–H and O–H groups in total. The maximum absolute atomic E-state index is 12.1. The first-order chi connectivity index (χ1) is 14.3. The Morgan fingerprint density at radius 1 is 0.793 bits per heavy atom. The highest BCUT2D eigenvalue weighted by atomic mass is 32.1. The van der Waals surface area contributed by atoms with E-state index in [0.29, 0.717) is 11.7 Å². The van der Waals surface area contributed by atoms with Crippen molar-refractivity contribution in [2.45, 2.75) is 13.0 Å². The monoisotopic (exact) mass is 399 g/mol. The first-order valence-electron chi connectivity index (χ1n) is 9.44. The highest BCUT2D eigenvalue weighted by Crippen LogP contribution is 2.25. The third-order valence-electron chi connectivity index (χ3n) is 4.52. The summed E-state index contributed by atoms with van der Waals surface area (Å²) in [7, 11) is 0. The number of amides is 2. The molecule has 0 aliphatic carbocycles. The SMILES string of the molecule is O=C(NCc1ccccc1)Nc1nc(-c2ccc(Cc3ccccc3)cc2)cs1. The zero-order valence-corrected chi connectivity index (χ0v) is 16.7. The molecule has 0 unspecified atom stereocenters. The Balaban J connectivity index is 1.34. The van der Waals surface area contributed by atoms with Gasteiger partial charge in [-0.15, -0.1) is 11.3 Å². The van der Waals surface area contributed by atoms with E-state index < -0.39 is 0 Å². The van der Waals surface area contributed by atoms with E-state index in [1.165, 1.54) is 22.5 Å². The number of hydrogen-bond acceptors (Lipinski definition) is 3. The average Bonchev–Trinajstić information content (AvgIpc) is 3.23. The molecule has 4 nitrogen and oxygen atoms in total. The Labute approximate surface area is 174 Å². The quantitative estimate of drug-likeness (QED) is 0.435. The Hall–Kier alpha value is -3.44. The number of anilines is 1. The lowest BCUT2D eigenvalue weighted by Crippen LogP contribution is -2.28. The van der Waals surface area contributed by atoms with Crippen LogP contribution < -0.4 is 10.6 Å². The molecule has 0 spiro atoms. The van der Waals surface area contributed by atoms with Crippen LogP contribution in [0.5, 0.6) is 0 Å². The van der Waals surface area contributed by atoms with Crippen LogP contribution in [0.1, 0.15) is 16.7 Å². The van der Waals surface area contributed by atoms with Crippen molar-refractivity contribution in [3.05, 3.63) is 107 Å². The number of carbonyl (C=O) groups excluding carboxylic acids is 1. The number of benzene rings is 3. The average molecular weight is 400 g/mol. The summed E-state index contributed by atoms with van der Waals surface area (Å²) in [5, 5.41) is 8.19. The van der Waals surface area contributed by atoms with Gasteiger partial charge in [0.25, 0.3) is 0 Å². The molecule has 29 heavy (non-hydrogen) atoms. The van der Waals surface area contributed by atoms with Crippen molar-refractivity contribution < 1.29 is 4.79 Å². The molecule has 4 rings (SSSR count). The van der Waals surface area contributed by atoms with E-state index >= 15 is 0 Å². The van der Waals surface area contributed by atoms with Crippen molar-refractivity contribution in [2.24, 2.45) is 0 Å². The topological polar surface area (TPSA) is 54.0 Å². The number of thiazole rings is 1. The Morgan fingerprint density at radius 2 is 1.41 bits per heavy atom. The summed E-state index contributed by atoms with van der Waals surface area (Å²) in [5.74, 6) is 0. The summed E-state index contributed by atoms with van der Waals surface area (Å²) in [6.07, 6.45) is 0.909. The largest absolute Gasteiger partial charge is 0.334 e. The lowest BCUT2D eigenvalue weighted by atomic mass is 10.0. The first kappa shape index (κ1) is 18.9. The number of rotatable bonds is 6. The van der Waals surface area contributed by atoms with Gasteiger partial charge in [-0.3, -0.25) is 5.32 Å². The van der Waals surface area contributed by atoms with Gasteiger partial charge in [0.15, 0.2) is 5.13 Å². The van der Waals surface area contributed by atoms with E-state index in [4.69, 9.17) is 0 Å². The molecule has 0 saturated heterocycles. The van der Waals surface area contributed by atoms with Gasteiger partial charge in [0, 0.05) is 17.5 Å². The van der Waals surface area contributed by atoms with Crippen molar-refractivity contribution in [3.63, 3.8) is 0 Å². The molecule has 2 amide bonds. The van der Waals surface area contributed by atoms with Crippen molar-refractivity contribution in [2.75, 3.05) is 5.32 Å². The summed E-state index contributed by atoms with van der Waals surface area (Å²) in [5.41, 5.74) is 5.50. The van der Waals surface area contributed by atoms with Crippen molar-refractivity contribution in [1.82, 2.24) is 10.3 Å². The summed E-state index contributed by atoms with van der Waals surface area (Å²) >= 11 is 1.42. The zero-order valence-electron chi connectivity index (χ0n) is 15.8. The van der Waals surface area contributed by atoms with Crippen LogP contribution in [0.25, 0.3) is 11.3 Å². The fourth-order valence-electron chi connectivity index (χ4n) is 3.01. The van der Waals surface area contributed by atoms with Crippen LogP contribution in [0.15, 0.2) is 90.3 Å². The van der Waals surface area contributed by atoms with E-state index in [2.05, 4.69) is 64.1 Å². The lowest BCUT2D eigenvalue weighted by molar-refractivity contribution is 0.251. The summed E-state index contributed by atoms with van der Waals surface area (Å²) < 4.78 is 0. The molecule has 3 aromatic carbocycles. The van der Waals surface area contributed by atoms with E-state index in [9.17, 15) is 4.79 Å². The van der Waals surface area contributed by atoms with Gasteiger partial charge in [-0.1, -0.05) is 84.9 Å². The van der Waals surface area contributed by atoms with Crippen molar-refractivity contribution in [3.8, 4) is 11.3 Å². The standard InChI is InChI=1S/C24H21N3OS/c28-23(25-16-20-9-5-2-6-10-20)27-24-26-22(17-29-24)21-13-11-19(12-14-21)15-18-7-3-1-4-8-18/h1-14,17H,15-16H2,(H2,25,26,27,28). The van der Waals surface area contributed by atoms with Gasteiger partial charge in [0.05, 0.1) is 5.69 Å². The number of urea groups is 1. The van der Waals surface area contributed by atoms with Crippen LogP contribution in [0.2, 0.25) is 0 Å². The maximum Gasteiger partial charge on any atom is 0.321 e. The van der Waals surface area contributed by atoms with Gasteiger partial charge in [0.2, 0.25) is 0 Å². The smallest absolute Gasteiger partial charge is 0.321 e. The number of hydrogen-bond donors (Lipinski definition) is 2. The van der Waals surface area contributed by atoms with E-state index in [0.717, 1.165) is 23.2 Å². The molecule has 0 saturated carbocycles. The maximum atomic E-state index is 12.1. The van der Waals surface area contributed by atoms with Gasteiger partial charge >= 0.3 is 6.03 Å². The van der Waals surface area contributed by atoms with Crippen LogP contribution in [0, 0.1) is 0 Å². The molecule has 144 valence electrons. The van der Waals surface area contributed by atoms with Crippen LogP contribution in [-0.2, 0) is 13.0 Å². The number of nitrogens with one attached hydrogen (secondary N) is 2. The van der Waals surface area contributed by atoms with Gasteiger partial charge < -0.3 is 5.32 Å². The van der Waals surface area contributed by atoms with Crippen LogP contribution in [-0.4, -0.2) is 11.0 Å². The predicted molar refractivity (Wildman–Crippen MR) is 119 cm³/mol. The molecule has 0 atom stereocenters. The summed E-state index contributed by atoms with van der Waals surface area (Å²) in [6.45, 7) is 0.480.